The van der Waals surface area contributed by atoms with Crippen LogP contribution in [0.4, 0.5) is 0 Å². The van der Waals surface area contributed by atoms with Gasteiger partial charge in [0.1, 0.15) is 5.82 Å². The summed E-state index contributed by atoms with van der Waals surface area (Å²) in [7, 11) is 0. The first-order chi connectivity index (χ1) is 12.8. The number of hydrogen-bond acceptors (Lipinski definition) is 5. The first-order valence-corrected chi connectivity index (χ1v) is 10.5. The Labute approximate surface area is 164 Å². The Morgan fingerprint density at radius 2 is 2.00 bits per heavy atom. The molecule has 0 amide bonds. The molecule has 0 N–H and O–H groups in total. The third kappa shape index (κ3) is 5.30. The molecule has 0 unspecified atom stereocenters. The monoisotopic (exact) mass is 390 g/mol. The minimum atomic E-state index is 0.709. The molecule has 1 aromatic carbocycles. The van der Waals surface area contributed by atoms with E-state index in [0.29, 0.717) is 6.54 Å². The van der Waals surface area contributed by atoms with Crippen molar-refractivity contribution < 1.29 is 4.74 Å². The molecule has 1 aliphatic heterocycles. The SMILES string of the molecule is C=CCn1c(CCSCc2ccccc2)nn(CN2CCOCC2)c1=S. The standard InChI is InChI=1S/C19H26N4OS2/c1-2-9-22-18(8-14-26-15-17-6-4-3-5-7-17)20-23(19(22)25)16-21-10-12-24-13-11-21/h2-7H,1,8-16H2. The van der Waals surface area contributed by atoms with E-state index < -0.39 is 0 Å². The van der Waals surface area contributed by atoms with Crippen LogP contribution in [0.25, 0.3) is 0 Å². The Kier molecular flexibility index (Phi) is 7.49. The lowest BCUT2D eigenvalue weighted by Gasteiger charge is -2.26. The van der Waals surface area contributed by atoms with Crippen molar-refractivity contribution in [2.75, 3.05) is 32.1 Å². The van der Waals surface area contributed by atoms with E-state index in [0.717, 1.165) is 61.5 Å². The highest BCUT2D eigenvalue weighted by Gasteiger charge is 2.15. The molecule has 140 valence electrons. The Bertz CT molecular complexity index is 751. The van der Waals surface area contributed by atoms with Gasteiger partial charge < -0.3 is 9.30 Å². The number of aromatic nitrogens is 3. The van der Waals surface area contributed by atoms with Crippen molar-refractivity contribution in [1.82, 2.24) is 19.2 Å². The van der Waals surface area contributed by atoms with Crippen molar-refractivity contribution in [3.63, 3.8) is 0 Å². The summed E-state index contributed by atoms with van der Waals surface area (Å²) >= 11 is 7.58. The van der Waals surface area contributed by atoms with Gasteiger partial charge in [0.25, 0.3) is 0 Å². The molecule has 1 aliphatic rings. The second-order valence-electron chi connectivity index (χ2n) is 6.26. The van der Waals surface area contributed by atoms with Crippen LogP contribution in [-0.2, 0) is 30.1 Å². The summed E-state index contributed by atoms with van der Waals surface area (Å²) in [5.74, 6) is 3.09. The number of nitrogens with zero attached hydrogens (tertiary/aromatic N) is 4. The van der Waals surface area contributed by atoms with Gasteiger partial charge in [-0.15, -0.1) is 6.58 Å². The highest BCUT2D eigenvalue weighted by Crippen LogP contribution is 2.14. The third-order valence-corrected chi connectivity index (χ3v) is 5.79. The van der Waals surface area contributed by atoms with Gasteiger partial charge in [-0.3, -0.25) is 4.90 Å². The third-order valence-electron chi connectivity index (χ3n) is 4.33. The quantitative estimate of drug-likeness (QED) is 0.373. The topological polar surface area (TPSA) is 35.2 Å². The molecule has 1 fully saturated rings. The maximum Gasteiger partial charge on any atom is 0.199 e. The van der Waals surface area contributed by atoms with Crippen molar-refractivity contribution >= 4 is 24.0 Å². The van der Waals surface area contributed by atoms with Gasteiger partial charge in [0.15, 0.2) is 4.77 Å². The minimum Gasteiger partial charge on any atom is -0.379 e. The van der Waals surface area contributed by atoms with Gasteiger partial charge in [-0.25, -0.2) is 4.68 Å². The molecule has 1 aromatic heterocycles. The van der Waals surface area contributed by atoms with Gasteiger partial charge in [0, 0.05) is 37.6 Å². The number of thioether (sulfide) groups is 1. The normalized spacial score (nSPS) is 15.2. The van der Waals surface area contributed by atoms with E-state index in [-0.39, 0.29) is 0 Å². The summed E-state index contributed by atoms with van der Waals surface area (Å²) < 4.78 is 10.2. The molecule has 0 spiro atoms. The molecule has 5 nitrogen and oxygen atoms in total. The Balaban J connectivity index is 1.60. The predicted molar refractivity (Wildman–Crippen MR) is 110 cm³/mol. The van der Waals surface area contributed by atoms with E-state index in [1.54, 1.807) is 0 Å². The van der Waals surface area contributed by atoms with Crippen LogP contribution in [0.15, 0.2) is 43.0 Å². The fraction of sp³-hybridized carbons (Fsp3) is 0.474. The summed E-state index contributed by atoms with van der Waals surface area (Å²) in [4.78, 5) is 2.33. The lowest BCUT2D eigenvalue weighted by Crippen LogP contribution is -2.37. The zero-order valence-corrected chi connectivity index (χ0v) is 16.7. The van der Waals surface area contributed by atoms with Crippen LogP contribution >= 0.6 is 24.0 Å². The van der Waals surface area contributed by atoms with Crippen molar-refractivity contribution in [3.05, 3.63) is 59.1 Å². The van der Waals surface area contributed by atoms with E-state index in [1.807, 2.05) is 22.5 Å². The largest absolute Gasteiger partial charge is 0.379 e. The summed E-state index contributed by atoms with van der Waals surface area (Å²) in [6, 6.07) is 10.6. The van der Waals surface area contributed by atoms with Crippen LogP contribution < -0.4 is 0 Å². The summed E-state index contributed by atoms with van der Waals surface area (Å²) in [6.07, 6.45) is 2.79. The van der Waals surface area contributed by atoms with Crippen molar-refractivity contribution in [2.45, 2.75) is 25.4 Å². The number of allylic oxidation sites excluding steroid dienone is 1. The van der Waals surface area contributed by atoms with Gasteiger partial charge in [-0.2, -0.15) is 16.9 Å². The number of ether oxygens (including phenoxy) is 1. The van der Waals surface area contributed by atoms with E-state index >= 15 is 0 Å². The van der Waals surface area contributed by atoms with Crippen LogP contribution in [0.1, 0.15) is 11.4 Å². The van der Waals surface area contributed by atoms with Gasteiger partial charge in [-0.05, 0) is 17.8 Å². The fourth-order valence-electron chi connectivity index (χ4n) is 2.94. The molecule has 0 bridgehead atoms. The molecule has 0 saturated carbocycles. The van der Waals surface area contributed by atoms with Crippen LogP contribution in [0, 0.1) is 4.77 Å². The molecule has 7 heteroatoms. The lowest BCUT2D eigenvalue weighted by atomic mass is 10.2. The molecular formula is C19H26N4OS2. The Hall–Kier alpha value is -1.41. The Morgan fingerprint density at radius 3 is 2.73 bits per heavy atom. The summed E-state index contributed by atoms with van der Waals surface area (Å²) in [5.41, 5.74) is 1.36. The molecule has 0 atom stereocenters. The van der Waals surface area contributed by atoms with Crippen LogP contribution in [-0.4, -0.2) is 51.3 Å². The average Bonchev–Trinajstić information content (AvgIpc) is 2.96. The van der Waals surface area contributed by atoms with Gasteiger partial charge in [0.05, 0.1) is 19.9 Å². The number of hydrogen-bond donors (Lipinski definition) is 0. The molecule has 3 rings (SSSR count). The molecular weight excluding hydrogens is 364 g/mol. The zero-order valence-electron chi connectivity index (χ0n) is 15.0. The highest BCUT2D eigenvalue weighted by molar-refractivity contribution is 7.98. The fourth-order valence-corrected chi connectivity index (χ4v) is 4.11. The maximum atomic E-state index is 5.65. The number of aryl methyl sites for hydroxylation is 1. The molecule has 0 radical (unpaired) electrons. The van der Waals surface area contributed by atoms with Crippen molar-refractivity contribution in [3.8, 4) is 0 Å². The second kappa shape index (κ2) is 10.1. The smallest absolute Gasteiger partial charge is 0.199 e. The molecule has 2 heterocycles. The van der Waals surface area contributed by atoms with Crippen LogP contribution in [0.5, 0.6) is 0 Å². The van der Waals surface area contributed by atoms with Crippen molar-refractivity contribution in [1.29, 1.82) is 0 Å². The predicted octanol–water partition coefficient (Wildman–Crippen LogP) is 3.37. The van der Waals surface area contributed by atoms with Crippen LogP contribution in [0.2, 0.25) is 0 Å². The maximum absolute atomic E-state index is 5.65. The number of benzene rings is 1. The molecule has 2 aromatic rings. The van der Waals surface area contributed by atoms with Gasteiger partial charge in [0.2, 0.25) is 0 Å². The minimum absolute atomic E-state index is 0.709. The zero-order chi connectivity index (χ0) is 18.2. The average molecular weight is 391 g/mol. The second-order valence-corrected chi connectivity index (χ2v) is 7.73. The summed E-state index contributed by atoms with van der Waals surface area (Å²) in [5, 5.41) is 4.80. The van der Waals surface area contributed by atoms with E-state index in [4.69, 9.17) is 22.1 Å². The first-order valence-electron chi connectivity index (χ1n) is 8.97. The van der Waals surface area contributed by atoms with E-state index in [2.05, 4.69) is 46.4 Å². The van der Waals surface area contributed by atoms with E-state index in [1.165, 1.54) is 5.56 Å². The Morgan fingerprint density at radius 1 is 1.23 bits per heavy atom. The molecule has 0 aliphatic carbocycles. The lowest BCUT2D eigenvalue weighted by molar-refractivity contribution is 0.0209. The summed E-state index contributed by atoms with van der Waals surface area (Å²) in [6.45, 7) is 8.73. The number of rotatable bonds is 9. The number of morpholine rings is 1. The van der Waals surface area contributed by atoms with Crippen LogP contribution in [0.3, 0.4) is 0 Å². The molecule has 26 heavy (non-hydrogen) atoms. The molecule has 1 saturated heterocycles. The highest BCUT2D eigenvalue weighted by atomic mass is 32.2. The van der Waals surface area contributed by atoms with Gasteiger partial charge in [-0.1, -0.05) is 36.4 Å². The van der Waals surface area contributed by atoms with Crippen molar-refractivity contribution in [2.24, 2.45) is 0 Å². The van der Waals surface area contributed by atoms with E-state index in [9.17, 15) is 0 Å². The van der Waals surface area contributed by atoms with Gasteiger partial charge >= 0.3 is 0 Å². The first kappa shape index (κ1) is 19.4.